The molecule has 0 amide bonds. The lowest BCUT2D eigenvalue weighted by Crippen LogP contribution is -2.23. The van der Waals surface area contributed by atoms with Crippen LogP contribution in [-0.2, 0) is 28.5 Å². The van der Waals surface area contributed by atoms with Crippen molar-refractivity contribution >= 4 is 32.7 Å². The van der Waals surface area contributed by atoms with Crippen LogP contribution in [0.25, 0.3) is 22.2 Å². The Balaban J connectivity index is 1.75. The van der Waals surface area contributed by atoms with Crippen molar-refractivity contribution in [3.05, 3.63) is 81.5 Å². The highest BCUT2D eigenvalue weighted by Crippen LogP contribution is 2.33. The second-order valence-electron chi connectivity index (χ2n) is 8.08. The molecule has 4 aromatic rings. The number of alkyl halides is 3. The van der Waals surface area contributed by atoms with E-state index in [9.17, 15) is 35.2 Å². The number of benzene rings is 2. The zero-order chi connectivity index (χ0) is 28.0. The monoisotopic (exact) mass is 557 g/mol. The number of nitrogen functional groups attached to an aromatic ring is 1. The lowest BCUT2D eigenvalue weighted by molar-refractivity contribution is -0.137. The Bertz CT molecular complexity index is 1740. The van der Waals surface area contributed by atoms with E-state index in [1.54, 1.807) is 6.92 Å². The summed E-state index contributed by atoms with van der Waals surface area (Å²) in [4.78, 5) is 20.7. The van der Waals surface area contributed by atoms with E-state index in [4.69, 9.17) is 5.73 Å². The summed E-state index contributed by atoms with van der Waals surface area (Å²) in [5.41, 5.74) is 0.694. The van der Waals surface area contributed by atoms with Gasteiger partial charge >= 0.3 is 6.18 Å². The normalized spacial score (nSPS) is 12.2. The maximum Gasteiger partial charge on any atom is 0.416 e. The number of hydrogen-bond acceptors (Lipinski definition) is 6. The van der Waals surface area contributed by atoms with Gasteiger partial charge < -0.3 is 5.73 Å². The zero-order valence-corrected chi connectivity index (χ0v) is 20.1. The summed E-state index contributed by atoms with van der Waals surface area (Å²) in [7, 11) is -4.70. The minimum absolute atomic E-state index is 0.0413. The molecule has 0 saturated heterocycles. The second-order valence-corrected chi connectivity index (χ2v) is 9.81. The third-order valence-corrected chi connectivity index (χ3v) is 6.71. The van der Waals surface area contributed by atoms with Crippen molar-refractivity contribution in [2.45, 2.75) is 25.4 Å². The summed E-state index contributed by atoms with van der Waals surface area (Å²) < 4.78 is 111. The number of aryl methyl sites for hydroxylation is 1. The van der Waals surface area contributed by atoms with Crippen molar-refractivity contribution in [3.63, 3.8) is 0 Å². The van der Waals surface area contributed by atoms with Gasteiger partial charge in [-0.1, -0.05) is 18.2 Å². The van der Waals surface area contributed by atoms with Crippen molar-refractivity contribution in [1.29, 1.82) is 0 Å². The number of hydrogen-bond donors (Lipinski definition) is 2. The molecular formula is C23H17F6N5O3S. The number of aromatic nitrogens is 3. The number of anilines is 2. The van der Waals surface area contributed by atoms with Gasteiger partial charge in [0.25, 0.3) is 5.56 Å². The van der Waals surface area contributed by atoms with E-state index in [1.165, 1.54) is 10.9 Å². The van der Waals surface area contributed by atoms with Crippen molar-refractivity contribution in [1.82, 2.24) is 14.5 Å². The predicted octanol–water partition coefficient (Wildman–Crippen LogP) is 4.44. The van der Waals surface area contributed by atoms with Crippen LogP contribution in [0, 0.1) is 17.5 Å². The van der Waals surface area contributed by atoms with Gasteiger partial charge in [-0.2, -0.15) is 18.2 Å². The molecule has 0 unspecified atom stereocenters. The highest BCUT2D eigenvalue weighted by atomic mass is 32.2. The molecule has 0 bridgehead atoms. The zero-order valence-electron chi connectivity index (χ0n) is 19.3. The molecule has 0 aliphatic carbocycles. The molecule has 2 aromatic heterocycles. The van der Waals surface area contributed by atoms with E-state index in [1.807, 2.05) is 0 Å². The van der Waals surface area contributed by atoms with Gasteiger partial charge in [0.1, 0.15) is 11.3 Å². The van der Waals surface area contributed by atoms with Gasteiger partial charge in [0.2, 0.25) is 16.0 Å². The Morgan fingerprint density at radius 3 is 2.42 bits per heavy atom. The molecule has 200 valence electrons. The average Bonchev–Trinajstić information content (AvgIpc) is 2.83. The average molecular weight is 557 g/mol. The van der Waals surface area contributed by atoms with E-state index < -0.39 is 67.3 Å². The molecule has 2 aromatic carbocycles. The molecule has 3 N–H and O–H groups in total. The van der Waals surface area contributed by atoms with Gasteiger partial charge in [-0.15, -0.1) is 0 Å². The van der Waals surface area contributed by atoms with Crippen LogP contribution in [0.5, 0.6) is 0 Å². The molecule has 0 radical (unpaired) electrons. The van der Waals surface area contributed by atoms with Gasteiger partial charge in [-0.05, 0) is 30.7 Å². The molecule has 0 spiro atoms. The van der Waals surface area contributed by atoms with Crippen LogP contribution >= 0.6 is 0 Å². The third-order valence-electron chi connectivity index (χ3n) is 5.48. The van der Waals surface area contributed by atoms with Crippen LogP contribution in [0.4, 0.5) is 38.0 Å². The maximum atomic E-state index is 15.1. The lowest BCUT2D eigenvalue weighted by Gasteiger charge is -2.15. The van der Waals surface area contributed by atoms with Crippen LogP contribution in [0.3, 0.4) is 0 Å². The van der Waals surface area contributed by atoms with E-state index in [0.29, 0.717) is 12.1 Å². The Kier molecular flexibility index (Phi) is 6.82. The van der Waals surface area contributed by atoms with Crippen molar-refractivity contribution in [3.8, 4) is 11.1 Å². The molecule has 0 fully saturated rings. The van der Waals surface area contributed by atoms with Crippen molar-refractivity contribution in [2.24, 2.45) is 0 Å². The van der Waals surface area contributed by atoms with Crippen LogP contribution in [0.1, 0.15) is 18.1 Å². The third kappa shape index (κ3) is 5.14. The summed E-state index contributed by atoms with van der Waals surface area (Å²) in [6.45, 7) is 1.61. The molecule has 0 aliphatic heterocycles. The molecule has 0 atom stereocenters. The minimum atomic E-state index is -4.75. The fourth-order valence-electron chi connectivity index (χ4n) is 3.79. The Morgan fingerprint density at radius 1 is 1.05 bits per heavy atom. The summed E-state index contributed by atoms with van der Waals surface area (Å²) >= 11 is 0. The molecule has 15 heteroatoms. The lowest BCUT2D eigenvalue weighted by atomic mass is 10.0. The first kappa shape index (κ1) is 26.9. The van der Waals surface area contributed by atoms with Crippen molar-refractivity contribution in [2.75, 3.05) is 10.5 Å². The standard InChI is InChI=1S/C23H17F6N5O3S/c1-2-34-20-12(9-31-22(30)32-20)7-15(21(34)35)14-8-16(24)19(18(26)17(14)25)33-38(36,37)10-11-4-3-5-13(6-11)23(27,28)29/h3-9,33H,2,10H2,1H3,(H2,30,31,32). The van der Waals surface area contributed by atoms with E-state index in [0.717, 1.165) is 28.8 Å². The number of rotatable bonds is 6. The highest BCUT2D eigenvalue weighted by Gasteiger charge is 2.31. The molecular weight excluding hydrogens is 540 g/mol. The van der Waals surface area contributed by atoms with E-state index in [-0.39, 0.29) is 29.1 Å². The maximum absolute atomic E-state index is 15.1. The number of fused-ring (bicyclic) bond motifs is 1. The Hall–Kier alpha value is -4.14. The molecule has 0 aliphatic rings. The van der Waals surface area contributed by atoms with Gasteiger partial charge in [-0.25, -0.2) is 26.6 Å². The molecule has 4 rings (SSSR count). The summed E-state index contributed by atoms with van der Waals surface area (Å²) in [5, 5.41) is 0.210. The first-order valence-corrected chi connectivity index (χ1v) is 12.4. The van der Waals surface area contributed by atoms with Crippen LogP contribution in [0.15, 0.2) is 47.4 Å². The number of nitrogens with two attached hydrogens (primary N) is 1. The molecule has 38 heavy (non-hydrogen) atoms. The first-order valence-electron chi connectivity index (χ1n) is 10.7. The topological polar surface area (TPSA) is 120 Å². The molecule has 2 heterocycles. The van der Waals surface area contributed by atoms with E-state index >= 15 is 4.39 Å². The fraction of sp³-hybridized carbons (Fsp3) is 0.174. The fourth-order valence-corrected chi connectivity index (χ4v) is 4.98. The second kappa shape index (κ2) is 9.63. The van der Waals surface area contributed by atoms with Crippen LogP contribution in [-0.4, -0.2) is 23.0 Å². The molecule has 8 nitrogen and oxygen atoms in total. The number of sulfonamides is 1. The highest BCUT2D eigenvalue weighted by molar-refractivity contribution is 7.91. The predicted molar refractivity (Wildman–Crippen MR) is 127 cm³/mol. The minimum Gasteiger partial charge on any atom is -0.368 e. The smallest absolute Gasteiger partial charge is 0.368 e. The quantitative estimate of drug-likeness (QED) is 0.267. The molecule has 0 saturated carbocycles. The summed E-state index contributed by atoms with van der Waals surface area (Å²) in [5.74, 6) is -6.49. The van der Waals surface area contributed by atoms with Crippen LogP contribution < -0.4 is 16.0 Å². The number of halogens is 6. The van der Waals surface area contributed by atoms with E-state index in [2.05, 4.69) is 9.97 Å². The van der Waals surface area contributed by atoms with Gasteiger partial charge in [0, 0.05) is 23.7 Å². The number of nitrogens with one attached hydrogen (secondary N) is 1. The Labute approximate surface area is 210 Å². The summed E-state index contributed by atoms with van der Waals surface area (Å²) in [6.07, 6.45) is -3.52. The van der Waals surface area contributed by atoms with Crippen LogP contribution in [0.2, 0.25) is 0 Å². The van der Waals surface area contributed by atoms with Crippen molar-refractivity contribution < 1.29 is 34.8 Å². The Morgan fingerprint density at radius 2 is 1.76 bits per heavy atom. The SMILES string of the molecule is CCn1c(=O)c(-c2cc(F)c(NS(=O)(=O)Cc3cccc(C(F)(F)F)c3)c(F)c2F)cc2cnc(N)nc21. The van der Waals surface area contributed by atoms with Gasteiger partial charge in [0.05, 0.1) is 16.9 Å². The summed E-state index contributed by atoms with van der Waals surface area (Å²) in [6, 6.07) is 4.86. The number of nitrogens with zero attached hydrogens (tertiary/aromatic N) is 3. The van der Waals surface area contributed by atoms with Gasteiger partial charge in [-0.3, -0.25) is 14.1 Å². The number of pyridine rings is 1. The first-order chi connectivity index (χ1) is 17.7. The largest absolute Gasteiger partial charge is 0.416 e. The van der Waals surface area contributed by atoms with Gasteiger partial charge in [0.15, 0.2) is 17.5 Å².